The number of carbonyl (C=O) groups is 1. The van der Waals surface area contributed by atoms with E-state index in [2.05, 4.69) is 30.7 Å². The van der Waals surface area contributed by atoms with E-state index >= 15 is 0 Å². The highest BCUT2D eigenvalue weighted by molar-refractivity contribution is 5.88. The molecule has 2 heterocycles. The maximum absolute atomic E-state index is 11.1. The van der Waals surface area contributed by atoms with Gasteiger partial charge in [0.15, 0.2) is 5.69 Å². The summed E-state index contributed by atoms with van der Waals surface area (Å²) < 4.78 is 1.51. The Morgan fingerprint density at radius 3 is 2.59 bits per heavy atom. The van der Waals surface area contributed by atoms with Crippen molar-refractivity contribution in [2.75, 3.05) is 0 Å². The molecule has 2 aromatic heterocycles. The maximum Gasteiger partial charge on any atom is 0.354 e. The van der Waals surface area contributed by atoms with E-state index in [1.165, 1.54) is 10.7 Å². The van der Waals surface area contributed by atoms with Crippen LogP contribution in [0.3, 0.4) is 0 Å². The third-order valence-corrected chi connectivity index (χ3v) is 2.66. The van der Waals surface area contributed by atoms with Gasteiger partial charge in [0, 0.05) is 11.5 Å². The van der Waals surface area contributed by atoms with E-state index in [9.17, 15) is 4.79 Å². The van der Waals surface area contributed by atoms with Gasteiger partial charge in [0.1, 0.15) is 12.0 Å². The van der Waals surface area contributed by atoms with Crippen LogP contribution >= 0.6 is 0 Å². The Hall–Kier alpha value is -1.91. The van der Waals surface area contributed by atoms with Crippen molar-refractivity contribution < 1.29 is 9.90 Å². The standard InChI is InChI=1S/C12H15N3O2/c1-7-10(11(16)17)15-6-13-8(12(2,3)4)5-9(15)14-7/h5-6H,1-4H3,(H,16,17). The van der Waals surface area contributed by atoms with Crippen LogP contribution in [-0.2, 0) is 5.41 Å². The Kier molecular flexibility index (Phi) is 2.41. The number of carboxylic acid groups (broad SMARTS) is 1. The average molecular weight is 233 g/mol. The molecule has 17 heavy (non-hydrogen) atoms. The topological polar surface area (TPSA) is 67.5 Å². The second-order valence-corrected chi connectivity index (χ2v) is 5.10. The van der Waals surface area contributed by atoms with Gasteiger partial charge in [-0.05, 0) is 6.92 Å². The number of hydrogen-bond donors (Lipinski definition) is 1. The summed E-state index contributed by atoms with van der Waals surface area (Å²) in [4.78, 5) is 19.6. The summed E-state index contributed by atoms with van der Waals surface area (Å²) in [5.41, 5.74) is 2.12. The van der Waals surface area contributed by atoms with Crippen LogP contribution in [0.15, 0.2) is 12.4 Å². The number of imidazole rings is 1. The lowest BCUT2D eigenvalue weighted by atomic mass is 9.92. The quantitative estimate of drug-likeness (QED) is 0.818. The fourth-order valence-electron chi connectivity index (χ4n) is 1.73. The molecule has 0 spiro atoms. The van der Waals surface area contributed by atoms with E-state index < -0.39 is 5.97 Å². The SMILES string of the molecule is Cc1nc2cc(C(C)(C)C)ncn2c1C(=O)O. The van der Waals surface area contributed by atoms with Crippen molar-refractivity contribution in [3.8, 4) is 0 Å². The van der Waals surface area contributed by atoms with Crippen molar-refractivity contribution in [1.29, 1.82) is 0 Å². The molecule has 0 aliphatic heterocycles. The Morgan fingerprint density at radius 1 is 1.41 bits per heavy atom. The Balaban J connectivity index is 2.70. The Bertz CT molecular complexity index is 594. The summed E-state index contributed by atoms with van der Waals surface area (Å²) in [6.07, 6.45) is 1.53. The summed E-state index contributed by atoms with van der Waals surface area (Å²) in [6.45, 7) is 7.85. The van der Waals surface area contributed by atoms with Crippen LogP contribution in [0.5, 0.6) is 0 Å². The van der Waals surface area contributed by atoms with Crippen LogP contribution in [0.4, 0.5) is 0 Å². The average Bonchev–Trinajstić information content (AvgIpc) is 2.50. The van der Waals surface area contributed by atoms with E-state index in [0.717, 1.165) is 5.69 Å². The number of aromatic carboxylic acids is 1. The smallest absolute Gasteiger partial charge is 0.354 e. The third-order valence-electron chi connectivity index (χ3n) is 2.66. The number of rotatable bonds is 1. The molecule has 2 rings (SSSR count). The summed E-state index contributed by atoms with van der Waals surface area (Å²) in [6, 6.07) is 1.83. The highest BCUT2D eigenvalue weighted by atomic mass is 16.4. The first-order valence-corrected chi connectivity index (χ1v) is 5.39. The van der Waals surface area contributed by atoms with E-state index in [0.29, 0.717) is 11.3 Å². The first kappa shape index (κ1) is 11.6. The molecule has 0 aliphatic rings. The van der Waals surface area contributed by atoms with Crippen molar-refractivity contribution in [1.82, 2.24) is 14.4 Å². The van der Waals surface area contributed by atoms with Gasteiger partial charge in [-0.2, -0.15) is 0 Å². The second kappa shape index (κ2) is 3.55. The van der Waals surface area contributed by atoms with Crippen LogP contribution in [-0.4, -0.2) is 25.4 Å². The van der Waals surface area contributed by atoms with Gasteiger partial charge in [0.05, 0.1) is 11.4 Å². The second-order valence-electron chi connectivity index (χ2n) is 5.10. The lowest BCUT2D eigenvalue weighted by Crippen LogP contribution is -2.14. The van der Waals surface area contributed by atoms with E-state index in [4.69, 9.17) is 5.11 Å². The van der Waals surface area contributed by atoms with Gasteiger partial charge < -0.3 is 5.11 Å². The predicted molar refractivity (Wildman–Crippen MR) is 63.4 cm³/mol. The third kappa shape index (κ3) is 1.88. The van der Waals surface area contributed by atoms with Gasteiger partial charge in [-0.3, -0.25) is 4.40 Å². The molecule has 0 saturated carbocycles. The monoisotopic (exact) mass is 233 g/mol. The molecule has 0 amide bonds. The lowest BCUT2D eigenvalue weighted by molar-refractivity contribution is 0.0688. The van der Waals surface area contributed by atoms with Gasteiger partial charge in [-0.1, -0.05) is 20.8 Å². The molecule has 0 aromatic carbocycles. The molecule has 0 fully saturated rings. The molecule has 0 aliphatic carbocycles. The molecule has 0 bridgehead atoms. The van der Waals surface area contributed by atoms with Crippen molar-refractivity contribution in [2.45, 2.75) is 33.1 Å². The molecule has 90 valence electrons. The Morgan fingerprint density at radius 2 is 2.06 bits per heavy atom. The zero-order chi connectivity index (χ0) is 12.8. The Labute approximate surface area is 99.1 Å². The van der Waals surface area contributed by atoms with Gasteiger partial charge in [-0.15, -0.1) is 0 Å². The van der Waals surface area contributed by atoms with Gasteiger partial charge in [-0.25, -0.2) is 14.8 Å². The minimum atomic E-state index is -0.986. The summed E-state index contributed by atoms with van der Waals surface area (Å²) in [5, 5.41) is 9.09. The largest absolute Gasteiger partial charge is 0.477 e. The minimum Gasteiger partial charge on any atom is -0.477 e. The van der Waals surface area contributed by atoms with Crippen molar-refractivity contribution in [3.05, 3.63) is 29.5 Å². The lowest BCUT2D eigenvalue weighted by Gasteiger charge is -2.17. The van der Waals surface area contributed by atoms with Crippen molar-refractivity contribution in [3.63, 3.8) is 0 Å². The molecule has 0 saturated heterocycles. The molecular formula is C12H15N3O2. The van der Waals surface area contributed by atoms with Crippen LogP contribution in [0.1, 0.15) is 42.6 Å². The van der Waals surface area contributed by atoms with Gasteiger partial charge >= 0.3 is 5.97 Å². The normalized spacial score (nSPS) is 12.0. The van der Waals surface area contributed by atoms with Gasteiger partial charge in [0.25, 0.3) is 0 Å². The molecule has 0 atom stereocenters. The molecule has 0 radical (unpaired) electrons. The first-order valence-electron chi connectivity index (χ1n) is 5.39. The van der Waals surface area contributed by atoms with E-state index in [1.807, 2.05) is 6.07 Å². The summed E-state index contributed by atoms with van der Waals surface area (Å²) >= 11 is 0. The number of aryl methyl sites for hydroxylation is 1. The first-order chi connectivity index (χ1) is 7.80. The number of hydrogen-bond acceptors (Lipinski definition) is 3. The van der Waals surface area contributed by atoms with Crippen molar-refractivity contribution >= 4 is 11.6 Å². The molecule has 1 N–H and O–H groups in total. The summed E-state index contributed by atoms with van der Waals surface area (Å²) in [5.74, 6) is -0.986. The fourth-order valence-corrected chi connectivity index (χ4v) is 1.73. The van der Waals surface area contributed by atoms with E-state index in [-0.39, 0.29) is 11.1 Å². The van der Waals surface area contributed by atoms with Crippen LogP contribution in [0.25, 0.3) is 5.65 Å². The highest BCUT2D eigenvalue weighted by Gasteiger charge is 2.20. The fraction of sp³-hybridized carbons (Fsp3) is 0.417. The zero-order valence-electron chi connectivity index (χ0n) is 10.4. The maximum atomic E-state index is 11.1. The zero-order valence-corrected chi connectivity index (χ0v) is 10.4. The van der Waals surface area contributed by atoms with Crippen molar-refractivity contribution in [2.24, 2.45) is 0 Å². The van der Waals surface area contributed by atoms with Crippen LogP contribution in [0.2, 0.25) is 0 Å². The molecule has 2 aromatic rings. The predicted octanol–water partition coefficient (Wildman–Crippen LogP) is 2.03. The highest BCUT2D eigenvalue weighted by Crippen LogP contribution is 2.21. The van der Waals surface area contributed by atoms with Crippen LogP contribution < -0.4 is 0 Å². The molecule has 5 nitrogen and oxygen atoms in total. The minimum absolute atomic E-state index is 0.0784. The number of nitrogens with zero attached hydrogens (tertiary/aromatic N) is 3. The number of fused-ring (bicyclic) bond motifs is 1. The number of aromatic nitrogens is 3. The van der Waals surface area contributed by atoms with Gasteiger partial charge in [0.2, 0.25) is 0 Å². The molecule has 0 unspecified atom stereocenters. The van der Waals surface area contributed by atoms with Crippen LogP contribution in [0, 0.1) is 6.92 Å². The molecular weight excluding hydrogens is 218 g/mol. The molecule has 5 heteroatoms. The summed E-state index contributed by atoms with van der Waals surface area (Å²) in [7, 11) is 0. The van der Waals surface area contributed by atoms with E-state index in [1.54, 1.807) is 6.92 Å². The number of carboxylic acids is 1.